The molecule has 2 rings (SSSR count). The van der Waals surface area contributed by atoms with Crippen LogP contribution in [0.25, 0.3) is 0 Å². The maximum Gasteiger partial charge on any atom is 0.407 e. The molecule has 0 bridgehead atoms. The number of ether oxygens (including phenoxy) is 2. The highest BCUT2D eigenvalue weighted by atomic mass is 16.6. The van der Waals surface area contributed by atoms with Crippen molar-refractivity contribution in [3.8, 4) is 0 Å². The summed E-state index contributed by atoms with van der Waals surface area (Å²) in [5.41, 5.74) is -0.512. The normalized spacial score (nSPS) is 34.2. The predicted molar refractivity (Wildman–Crippen MR) is 75.5 cm³/mol. The summed E-state index contributed by atoms with van der Waals surface area (Å²) in [5, 5.41) is 12.1. The molecule has 116 valence electrons. The van der Waals surface area contributed by atoms with Gasteiger partial charge in [-0.05, 0) is 59.3 Å². The van der Waals surface area contributed by atoms with Crippen molar-refractivity contribution in [2.24, 2.45) is 0 Å². The molecule has 5 nitrogen and oxygen atoms in total. The van der Waals surface area contributed by atoms with Crippen molar-refractivity contribution >= 4 is 6.09 Å². The van der Waals surface area contributed by atoms with Crippen molar-refractivity contribution in [1.29, 1.82) is 0 Å². The molecule has 2 fully saturated rings. The van der Waals surface area contributed by atoms with Gasteiger partial charge in [-0.1, -0.05) is 0 Å². The lowest BCUT2D eigenvalue weighted by atomic mass is 9.80. The molecule has 2 N–H and O–H groups in total. The fourth-order valence-corrected chi connectivity index (χ4v) is 3.15. The topological polar surface area (TPSA) is 67.8 Å². The Morgan fingerprint density at radius 3 is 2.40 bits per heavy atom. The second kappa shape index (κ2) is 5.90. The molecule has 1 aliphatic heterocycles. The van der Waals surface area contributed by atoms with E-state index in [2.05, 4.69) is 5.32 Å². The van der Waals surface area contributed by atoms with Gasteiger partial charge in [0, 0.05) is 6.04 Å². The number of hydrogen-bond acceptors (Lipinski definition) is 4. The van der Waals surface area contributed by atoms with Crippen LogP contribution in [0.3, 0.4) is 0 Å². The highest BCUT2D eigenvalue weighted by Gasteiger charge is 2.42. The van der Waals surface area contributed by atoms with E-state index in [1.807, 2.05) is 20.8 Å². The number of rotatable bonds is 2. The largest absolute Gasteiger partial charge is 0.444 e. The quantitative estimate of drug-likeness (QED) is 0.817. The molecular formula is C15H27NO4. The molecule has 0 aromatic carbocycles. The van der Waals surface area contributed by atoms with Gasteiger partial charge in [0.2, 0.25) is 0 Å². The minimum atomic E-state index is -0.455. The van der Waals surface area contributed by atoms with E-state index in [1.54, 1.807) is 0 Å². The van der Waals surface area contributed by atoms with Crippen LogP contribution in [-0.2, 0) is 9.47 Å². The van der Waals surface area contributed by atoms with Crippen LogP contribution in [0.15, 0.2) is 0 Å². The first-order valence-electron chi connectivity index (χ1n) is 7.60. The highest BCUT2D eigenvalue weighted by Crippen LogP contribution is 2.41. The zero-order valence-corrected chi connectivity index (χ0v) is 12.8. The van der Waals surface area contributed by atoms with Crippen molar-refractivity contribution < 1.29 is 19.4 Å². The Morgan fingerprint density at radius 1 is 1.30 bits per heavy atom. The number of carbonyl (C=O) groups excluding carboxylic acids is 1. The van der Waals surface area contributed by atoms with E-state index in [0.29, 0.717) is 0 Å². The SMILES string of the molecule is CC(C)(C)OC(=O)NC1CCC2(CC1)CC[C@H](CO)O2. The summed E-state index contributed by atoms with van der Waals surface area (Å²) in [4.78, 5) is 11.7. The molecular weight excluding hydrogens is 258 g/mol. The standard InChI is InChI=1S/C15H27NO4/c1-14(2,3)20-13(18)16-11-4-7-15(8-5-11)9-6-12(10-17)19-15/h11-12,17H,4-10H2,1-3H3,(H,16,18)/t11?,12-,15?/m1/s1. The average Bonchev–Trinajstić information content (AvgIpc) is 2.74. The first-order chi connectivity index (χ1) is 9.32. The second-order valence-electron chi connectivity index (χ2n) is 7.06. The number of hydrogen-bond donors (Lipinski definition) is 2. The Balaban J connectivity index is 1.76. The number of carbonyl (C=O) groups is 1. The zero-order valence-electron chi connectivity index (χ0n) is 12.8. The first kappa shape index (κ1) is 15.6. The van der Waals surface area contributed by atoms with Crippen LogP contribution in [0.5, 0.6) is 0 Å². The molecule has 1 aliphatic carbocycles. The molecule has 0 aromatic rings. The van der Waals surface area contributed by atoms with Gasteiger partial charge < -0.3 is 19.9 Å². The van der Waals surface area contributed by atoms with Crippen molar-refractivity contribution in [3.05, 3.63) is 0 Å². The Kier molecular flexibility index (Phi) is 4.59. The van der Waals surface area contributed by atoms with Gasteiger partial charge in [0.05, 0.1) is 18.3 Å². The fourth-order valence-electron chi connectivity index (χ4n) is 3.15. The molecule has 20 heavy (non-hydrogen) atoms. The van der Waals surface area contributed by atoms with E-state index in [-0.39, 0.29) is 30.4 Å². The predicted octanol–water partition coefficient (Wildman–Crippen LogP) is 2.36. The minimum Gasteiger partial charge on any atom is -0.444 e. The lowest BCUT2D eigenvalue weighted by molar-refractivity contribution is -0.0815. The average molecular weight is 285 g/mol. The summed E-state index contributed by atoms with van der Waals surface area (Å²) in [7, 11) is 0. The lowest BCUT2D eigenvalue weighted by Gasteiger charge is -2.37. The van der Waals surface area contributed by atoms with Gasteiger partial charge in [0.1, 0.15) is 5.60 Å². The molecule has 0 radical (unpaired) electrons. The summed E-state index contributed by atoms with van der Waals surface area (Å²) < 4.78 is 11.3. The first-order valence-corrected chi connectivity index (χ1v) is 7.60. The van der Waals surface area contributed by atoms with Crippen LogP contribution in [0.4, 0.5) is 4.79 Å². The number of alkyl carbamates (subject to hydrolysis) is 1. The third-order valence-corrected chi connectivity index (χ3v) is 4.16. The van der Waals surface area contributed by atoms with Gasteiger partial charge in [0.25, 0.3) is 0 Å². The van der Waals surface area contributed by atoms with Crippen LogP contribution in [0, 0.1) is 0 Å². The number of aliphatic hydroxyl groups excluding tert-OH is 1. The van der Waals surface area contributed by atoms with Crippen molar-refractivity contribution in [3.63, 3.8) is 0 Å². The van der Waals surface area contributed by atoms with E-state index < -0.39 is 5.60 Å². The van der Waals surface area contributed by atoms with Crippen LogP contribution in [-0.4, -0.2) is 41.2 Å². The van der Waals surface area contributed by atoms with E-state index in [1.165, 1.54) is 0 Å². The minimum absolute atomic E-state index is 0.00497. The smallest absolute Gasteiger partial charge is 0.407 e. The second-order valence-corrected chi connectivity index (χ2v) is 7.06. The van der Waals surface area contributed by atoms with Gasteiger partial charge in [0.15, 0.2) is 0 Å². The van der Waals surface area contributed by atoms with E-state index >= 15 is 0 Å². The summed E-state index contributed by atoms with van der Waals surface area (Å²) in [6.45, 7) is 5.71. The molecule has 1 heterocycles. The Bertz CT molecular complexity index is 342. The summed E-state index contributed by atoms with van der Waals surface area (Å²) >= 11 is 0. The van der Waals surface area contributed by atoms with Crippen LogP contribution in [0.2, 0.25) is 0 Å². The Morgan fingerprint density at radius 2 is 1.90 bits per heavy atom. The zero-order chi connectivity index (χ0) is 14.8. The Labute approximate surface area is 121 Å². The fraction of sp³-hybridized carbons (Fsp3) is 0.933. The molecule has 1 amide bonds. The highest BCUT2D eigenvalue weighted by molar-refractivity contribution is 5.68. The Hall–Kier alpha value is -0.810. The van der Waals surface area contributed by atoms with Crippen LogP contribution in [0.1, 0.15) is 59.3 Å². The molecule has 2 aliphatic rings. The van der Waals surface area contributed by atoms with Crippen LogP contribution < -0.4 is 5.32 Å². The lowest BCUT2D eigenvalue weighted by Crippen LogP contribution is -2.45. The molecule has 5 heteroatoms. The van der Waals surface area contributed by atoms with Crippen molar-refractivity contribution in [1.82, 2.24) is 5.32 Å². The maximum atomic E-state index is 11.7. The van der Waals surface area contributed by atoms with E-state index in [0.717, 1.165) is 38.5 Å². The van der Waals surface area contributed by atoms with Gasteiger partial charge in [-0.2, -0.15) is 0 Å². The van der Waals surface area contributed by atoms with Crippen molar-refractivity contribution in [2.75, 3.05) is 6.61 Å². The number of amides is 1. The van der Waals surface area contributed by atoms with Crippen LogP contribution >= 0.6 is 0 Å². The van der Waals surface area contributed by atoms with Gasteiger partial charge in [-0.3, -0.25) is 0 Å². The molecule has 0 aromatic heterocycles. The van der Waals surface area contributed by atoms with Gasteiger partial charge in [-0.25, -0.2) is 4.79 Å². The molecule has 1 atom stereocenters. The van der Waals surface area contributed by atoms with Gasteiger partial charge in [-0.15, -0.1) is 0 Å². The summed E-state index contributed by atoms with van der Waals surface area (Å²) in [5.74, 6) is 0. The summed E-state index contributed by atoms with van der Waals surface area (Å²) in [6, 6.07) is 0.173. The molecule has 1 saturated heterocycles. The monoisotopic (exact) mass is 285 g/mol. The van der Waals surface area contributed by atoms with E-state index in [4.69, 9.17) is 14.6 Å². The number of aliphatic hydroxyl groups is 1. The molecule has 1 spiro atoms. The maximum absolute atomic E-state index is 11.7. The summed E-state index contributed by atoms with van der Waals surface area (Å²) in [6.07, 6.45) is 5.37. The number of nitrogens with one attached hydrogen (secondary N) is 1. The van der Waals surface area contributed by atoms with E-state index in [9.17, 15) is 4.79 Å². The third-order valence-electron chi connectivity index (χ3n) is 4.16. The molecule has 0 unspecified atom stereocenters. The van der Waals surface area contributed by atoms with Crippen molar-refractivity contribution in [2.45, 2.75) is 82.6 Å². The van der Waals surface area contributed by atoms with Gasteiger partial charge >= 0.3 is 6.09 Å². The third kappa shape index (κ3) is 4.09. The molecule has 1 saturated carbocycles.